The molecule has 0 bridgehead atoms. The van der Waals surface area contributed by atoms with E-state index in [1.165, 1.54) is 6.07 Å². The molecule has 137 valence electrons. The fourth-order valence-electron chi connectivity index (χ4n) is 2.22. The number of halogens is 3. The Bertz CT molecular complexity index is 778. The number of ether oxygens (including phenoxy) is 1. The van der Waals surface area contributed by atoms with Crippen molar-refractivity contribution in [3.05, 3.63) is 35.9 Å². The summed E-state index contributed by atoms with van der Waals surface area (Å²) in [4.78, 5) is 15.9. The van der Waals surface area contributed by atoms with Crippen molar-refractivity contribution in [1.82, 2.24) is 9.32 Å². The van der Waals surface area contributed by atoms with Gasteiger partial charge >= 0.3 is 147 Å². The van der Waals surface area contributed by atoms with Crippen molar-refractivity contribution in [3.8, 4) is 5.88 Å². The molecule has 1 amide bonds. The summed E-state index contributed by atoms with van der Waals surface area (Å²) >= 11 is -0.821. The van der Waals surface area contributed by atoms with Crippen molar-refractivity contribution in [2.45, 2.75) is 30.2 Å². The van der Waals surface area contributed by atoms with Crippen LogP contribution in [0.25, 0.3) is 10.9 Å². The molecule has 0 atom stereocenters. The number of alkyl halides is 3. The molecule has 0 spiro atoms. The molecule has 1 heterocycles. The zero-order chi connectivity index (χ0) is 18.0. The van der Waals surface area contributed by atoms with E-state index in [-0.39, 0.29) is 11.8 Å². The number of rotatable bonds is 6. The third-order valence-corrected chi connectivity index (χ3v) is 5.56. The molecule has 2 aromatic rings. The summed E-state index contributed by atoms with van der Waals surface area (Å²) < 4.78 is 46.7. The molecule has 0 saturated heterocycles. The molecule has 1 saturated carbocycles. The number of nitrogens with zero attached hydrogens (tertiary/aromatic N) is 1. The minimum absolute atomic E-state index is 0.131. The number of pyridine rings is 1. The maximum absolute atomic E-state index is 12.7. The Hall–Kier alpha value is -1.79. The van der Waals surface area contributed by atoms with E-state index in [0.29, 0.717) is 28.7 Å². The Labute approximate surface area is 147 Å². The Morgan fingerprint density at radius 1 is 1.32 bits per heavy atom. The average Bonchev–Trinajstić information content (AvgIpc) is 3.38. The van der Waals surface area contributed by atoms with Gasteiger partial charge in [0.25, 0.3) is 0 Å². The molecule has 3 rings (SSSR count). The summed E-state index contributed by atoms with van der Waals surface area (Å²) in [7, 11) is 0. The third kappa shape index (κ3) is 4.86. The molecule has 1 aromatic heterocycles. The monoisotopic (exact) mass is 395 g/mol. The number of carbonyl (C=O) groups excluding carboxylic acids is 1. The van der Waals surface area contributed by atoms with Gasteiger partial charge in [0.2, 0.25) is 0 Å². The van der Waals surface area contributed by atoms with Crippen molar-refractivity contribution in [2.24, 2.45) is 5.92 Å². The van der Waals surface area contributed by atoms with Crippen LogP contribution in [0.2, 0.25) is 11.1 Å². The maximum atomic E-state index is 12.7. The number of carbonyl (C=O) groups is 1. The van der Waals surface area contributed by atoms with Gasteiger partial charge in [0.15, 0.2) is 0 Å². The quantitative estimate of drug-likeness (QED) is 0.748. The first kappa shape index (κ1) is 18.0. The second-order valence-electron chi connectivity index (χ2n) is 5.86. The van der Waals surface area contributed by atoms with E-state index in [1.54, 1.807) is 12.1 Å². The molecule has 0 radical (unpaired) electrons. The van der Waals surface area contributed by atoms with Crippen molar-refractivity contribution in [1.29, 1.82) is 0 Å². The fraction of sp³-hybridized carbons (Fsp3) is 0.412. The molecule has 1 aliphatic carbocycles. The average molecular weight is 395 g/mol. The number of benzene rings is 1. The fourth-order valence-corrected chi connectivity index (χ4v) is 3.50. The summed E-state index contributed by atoms with van der Waals surface area (Å²) in [5, 5.41) is 1.13. The second-order valence-corrected chi connectivity index (χ2v) is 8.41. The van der Waals surface area contributed by atoms with Gasteiger partial charge in [-0.1, -0.05) is 0 Å². The number of fused-ring (bicyclic) bond motifs is 1. The topological polar surface area (TPSA) is 51.2 Å². The van der Waals surface area contributed by atoms with Gasteiger partial charge in [-0.15, -0.1) is 0 Å². The van der Waals surface area contributed by atoms with Gasteiger partial charge < -0.3 is 0 Å². The van der Waals surface area contributed by atoms with Gasteiger partial charge in [0, 0.05) is 0 Å². The molecule has 0 unspecified atom stereocenters. The van der Waals surface area contributed by atoms with Crippen LogP contribution in [-0.2, 0) is 25.1 Å². The van der Waals surface area contributed by atoms with Crippen LogP contribution in [0.4, 0.5) is 13.2 Å². The standard InChI is InChI=1S/C12H9F3NO.C4H7NO.CH3.Fe/c1-2-17-11-6-3-8-7-9(12(13,14)15)4-5-10(8)16-11;5-4(6)3-1-2-3;;/h3-7H,1-2H2;3H,1-2H2,(H2,5,6);1H3;/q;;;+1/p-1. The Morgan fingerprint density at radius 3 is 2.76 bits per heavy atom. The summed E-state index contributed by atoms with van der Waals surface area (Å²) in [6.45, 7) is 0.403. The number of hydrogen-bond acceptors (Lipinski definition) is 3. The van der Waals surface area contributed by atoms with Gasteiger partial charge in [-0.05, 0) is 0 Å². The van der Waals surface area contributed by atoms with Gasteiger partial charge in [0.05, 0.1) is 0 Å². The molecule has 4 nitrogen and oxygen atoms in total. The van der Waals surface area contributed by atoms with E-state index in [9.17, 15) is 18.0 Å². The summed E-state index contributed by atoms with van der Waals surface area (Å²) in [6, 6.07) is 6.56. The van der Waals surface area contributed by atoms with Gasteiger partial charge in [0.1, 0.15) is 0 Å². The summed E-state index contributed by atoms with van der Waals surface area (Å²) in [5.41, 5.74) is -0.243. The first-order valence-electron chi connectivity index (χ1n) is 7.75. The summed E-state index contributed by atoms with van der Waals surface area (Å²) in [6.07, 6.45) is -2.41. The van der Waals surface area contributed by atoms with Crippen molar-refractivity contribution < 1.29 is 36.8 Å². The van der Waals surface area contributed by atoms with Crippen LogP contribution in [0.1, 0.15) is 18.4 Å². The number of aromatic nitrogens is 1. The van der Waals surface area contributed by atoms with E-state index in [1.807, 2.05) is 5.82 Å². The van der Waals surface area contributed by atoms with E-state index in [0.717, 1.165) is 25.0 Å². The normalized spacial score (nSPS) is 15.1. The molecule has 0 aliphatic heterocycles. The minimum atomic E-state index is -4.37. The molecular weight excluding hydrogens is 377 g/mol. The SMILES string of the molecule is [CH3][Fe]([CH2]COc1ccc2cc(C(F)(F)F)ccc2n1)[NH]C(=O)C1CC1. The van der Waals surface area contributed by atoms with Gasteiger partial charge in [-0.25, -0.2) is 0 Å². The first-order valence-corrected chi connectivity index (χ1v) is 10.2. The molecule has 1 N–H and O–H groups in total. The zero-order valence-electron chi connectivity index (χ0n) is 13.5. The molecule has 1 fully saturated rings. The molecule has 8 heteroatoms. The molecule has 1 aliphatic rings. The zero-order valence-corrected chi connectivity index (χ0v) is 14.6. The Balaban J connectivity index is 1.55. The Kier molecular flexibility index (Phi) is 5.20. The van der Waals surface area contributed by atoms with Gasteiger partial charge in [-0.2, -0.15) is 0 Å². The van der Waals surface area contributed by atoms with E-state index >= 15 is 0 Å². The third-order valence-electron chi connectivity index (χ3n) is 3.76. The van der Waals surface area contributed by atoms with Crippen LogP contribution in [-0.4, -0.2) is 17.5 Å². The van der Waals surface area contributed by atoms with E-state index in [4.69, 9.17) is 4.74 Å². The van der Waals surface area contributed by atoms with Crippen LogP contribution >= 0.6 is 0 Å². The van der Waals surface area contributed by atoms with Crippen molar-refractivity contribution >= 4 is 16.8 Å². The number of nitrogens with one attached hydrogen (secondary N) is 1. The predicted molar refractivity (Wildman–Crippen MR) is 83.8 cm³/mol. The van der Waals surface area contributed by atoms with Crippen molar-refractivity contribution in [3.63, 3.8) is 0 Å². The molecular formula is C17H18F3FeN2O2. The van der Waals surface area contributed by atoms with Crippen LogP contribution in [0.15, 0.2) is 30.3 Å². The number of hydrogen-bond donors (Lipinski definition) is 1. The summed E-state index contributed by atoms with van der Waals surface area (Å²) in [5.74, 6) is 2.69. The second kappa shape index (κ2) is 7.22. The Morgan fingerprint density at radius 2 is 2.08 bits per heavy atom. The van der Waals surface area contributed by atoms with Crippen molar-refractivity contribution in [2.75, 3.05) is 6.61 Å². The first-order chi connectivity index (χ1) is 11.8. The predicted octanol–water partition coefficient (Wildman–Crippen LogP) is 4.16. The van der Waals surface area contributed by atoms with Crippen LogP contribution in [0, 0.1) is 5.92 Å². The van der Waals surface area contributed by atoms with Crippen LogP contribution in [0.5, 0.6) is 5.88 Å². The number of amides is 1. The van der Waals surface area contributed by atoms with E-state index < -0.39 is 25.9 Å². The van der Waals surface area contributed by atoms with Crippen LogP contribution in [0.3, 0.4) is 0 Å². The van der Waals surface area contributed by atoms with Gasteiger partial charge in [-0.3, -0.25) is 0 Å². The molecule has 25 heavy (non-hydrogen) atoms. The molecule has 1 aromatic carbocycles. The van der Waals surface area contributed by atoms with E-state index in [2.05, 4.69) is 9.32 Å². The van der Waals surface area contributed by atoms with Crippen LogP contribution < -0.4 is 9.07 Å².